The van der Waals surface area contributed by atoms with E-state index in [4.69, 9.17) is 0 Å². The highest BCUT2D eigenvalue weighted by Gasteiger charge is 2.07. The van der Waals surface area contributed by atoms with Crippen molar-refractivity contribution in [3.8, 4) is 0 Å². The highest BCUT2D eigenvalue weighted by atomic mass is 15.1. The molecule has 1 N–H and O–H groups in total. The van der Waals surface area contributed by atoms with Crippen LogP contribution in [0.5, 0.6) is 0 Å². The topological polar surface area (TPSA) is 15.3 Å². The number of nitrogens with one attached hydrogen (secondary N) is 1. The van der Waals surface area contributed by atoms with Gasteiger partial charge < -0.3 is 10.2 Å². The van der Waals surface area contributed by atoms with Crippen molar-refractivity contribution in [3.63, 3.8) is 0 Å². The second kappa shape index (κ2) is 10.8. The third-order valence-electron chi connectivity index (χ3n) is 3.38. The summed E-state index contributed by atoms with van der Waals surface area (Å²) in [5.74, 6) is 0. The number of hydrogen-bond acceptors (Lipinski definition) is 2. The Kier molecular flexibility index (Phi) is 10.6. The predicted octanol–water partition coefficient (Wildman–Crippen LogP) is 3.44. The number of nitrogens with zero attached hydrogens (tertiary/aromatic N) is 1. The maximum absolute atomic E-state index is 3.77. The first-order valence-electron chi connectivity index (χ1n) is 7.23. The Balaban J connectivity index is 3.57. The number of rotatable bonds is 11. The first-order chi connectivity index (χ1) is 8.13. The first kappa shape index (κ1) is 16.7. The molecular weight excluding hydrogens is 208 g/mol. The Morgan fingerprint density at radius 1 is 1.12 bits per heavy atom. The Hall–Kier alpha value is -0.340. The zero-order valence-corrected chi connectivity index (χ0v) is 12.3. The molecule has 17 heavy (non-hydrogen) atoms. The van der Waals surface area contributed by atoms with Crippen LogP contribution in [0.25, 0.3) is 0 Å². The molecule has 0 bridgehead atoms. The smallest absolute Gasteiger partial charge is 0.00441 e. The molecule has 0 saturated heterocycles. The molecule has 0 heterocycles. The quantitative estimate of drug-likeness (QED) is 0.557. The molecule has 2 heteroatoms. The molecule has 0 radical (unpaired) electrons. The van der Waals surface area contributed by atoms with Crippen molar-refractivity contribution in [2.24, 2.45) is 0 Å². The van der Waals surface area contributed by atoms with Crippen molar-refractivity contribution < 1.29 is 0 Å². The molecule has 0 fully saturated rings. The van der Waals surface area contributed by atoms with E-state index in [0.29, 0.717) is 12.1 Å². The van der Waals surface area contributed by atoms with E-state index in [1.165, 1.54) is 38.9 Å². The summed E-state index contributed by atoms with van der Waals surface area (Å²) in [6, 6.07) is 1.24. The zero-order valence-electron chi connectivity index (χ0n) is 12.3. The monoisotopic (exact) mass is 240 g/mol. The lowest BCUT2D eigenvalue weighted by Gasteiger charge is -2.22. The van der Waals surface area contributed by atoms with Crippen LogP contribution in [0.4, 0.5) is 0 Å². The lowest BCUT2D eigenvalue weighted by Crippen LogP contribution is -2.35. The van der Waals surface area contributed by atoms with Gasteiger partial charge in [0.15, 0.2) is 0 Å². The van der Waals surface area contributed by atoms with E-state index in [1.54, 1.807) is 0 Å². The first-order valence-corrected chi connectivity index (χ1v) is 7.23. The molecule has 0 aliphatic heterocycles. The molecule has 0 spiro atoms. The standard InChI is InChI=1S/C15H32N2/c1-6-9-11-14(4)16-15(5)12-10-13-17(7-2)8-3/h6,14-16H,1,7-13H2,2-5H3. The van der Waals surface area contributed by atoms with Crippen molar-refractivity contribution in [1.29, 1.82) is 0 Å². The van der Waals surface area contributed by atoms with Gasteiger partial charge in [0.2, 0.25) is 0 Å². The van der Waals surface area contributed by atoms with E-state index in [-0.39, 0.29) is 0 Å². The minimum atomic E-state index is 0.608. The zero-order chi connectivity index (χ0) is 13.1. The van der Waals surface area contributed by atoms with Crippen molar-refractivity contribution >= 4 is 0 Å². The van der Waals surface area contributed by atoms with Gasteiger partial charge >= 0.3 is 0 Å². The third-order valence-corrected chi connectivity index (χ3v) is 3.38. The van der Waals surface area contributed by atoms with Gasteiger partial charge in [-0.1, -0.05) is 19.9 Å². The number of allylic oxidation sites excluding steroid dienone is 1. The average molecular weight is 240 g/mol. The maximum Gasteiger partial charge on any atom is 0.00441 e. The van der Waals surface area contributed by atoms with E-state index < -0.39 is 0 Å². The van der Waals surface area contributed by atoms with E-state index in [9.17, 15) is 0 Å². The molecule has 0 saturated carbocycles. The second-order valence-electron chi connectivity index (χ2n) is 5.00. The van der Waals surface area contributed by atoms with Gasteiger partial charge in [-0.15, -0.1) is 6.58 Å². The second-order valence-corrected chi connectivity index (χ2v) is 5.00. The van der Waals surface area contributed by atoms with Crippen molar-refractivity contribution in [3.05, 3.63) is 12.7 Å². The minimum Gasteiger partial charge on any atom is -0.312 e. The summed E-state index contributed by atoms with van der Waals surface area (Å²) >= 11 is 0. The molecule has 0 aliphatic rings. The molecule has 0 aliphatic carbocycles. The predicted molar refractivity (Wildman–Crippen MR) is 78.5 cm³/mol. The van der Waals surface area contributed by atoms with E-state index in [0.717, 1.165) is 6.42 Å². The van der Waals surface area contributed by atoms with Gasteiger partial charge in [0.1, 0.15) is 0 Å². The van der Waals surface area contributed by atoms with Crippen LogP contribution in [0.3, 0.4) is 0 Å². The van der Waals surface area contributed by atoms with Gasteiger partial charge in [-0.2, -0.15) is 0 Å². The Morgan fingerprint density at radius 2 is 1.71 bits per heavy atom. The summed E-state index contributed by atoms with van der Waals surface area (Å²) in [7, 11) is 0. The third kappa shape index (κ3) is 9.37. The lowest BCUT2D eigenvalue weighted by molar-refractivity contribution is 0.288. The molecule has 0 rings (SSSR count). The number of hydrogen-bond donors (Lipinski definition) is 1. The van der Waals surface area contributed by atoms with Crippen LogP contribution in [0, 0.1) is 0 Å². The van der Waals surface area contributed by atoms with Gasteiger partial charge in [0.05, 0.1) is 0 Å². The van der Waals surface area contributed by atoms with Crippen LogP contribution in [-0.2, 0) is 0 Å². The largest absolute Gasteiger partial charge is 0.312 e. The summed E-state index contributed by atoms with van der Waals surface area (Å²) in [6.07, 6.45) is 6.88. The van der Waals surface area contributed by atoms with Crippen molar-refractivity contribution in [1.82, 2.24) is 10.2 Å². The molecule has 2 unspecified atom stereocenters. The Labute approximate surface area is 108 Å². The fraction of sp³-hybridized carbons (Fsp3) is 0.867. The summed E-state index contributed by atoms with van der Waals surface area (Å²) in [6.45, 7) is 16.4. The van der Waals surface area contributed by atoms with E-state index in [2.05, 4.69) is 44.5 Å². The summed E-state index contributed by atoms with van der Waals surface area (Å²) in [5, 5.41) is 3.66. The molecule has 2 atom stereocenters. The van der Waals surface area contributed by atoms with Gasteiger partial charge in [-0.3, -0.25) is 0 Å². The highest BCUT2D eigenvalue weighted by Crippen LogP contribution is 2.03. The van der Waals surface area contributed by atoms with Gasteiger partial charge in [-0.25, -0.2) is 0 Å². The molecular formula is C15H32N2. The molecule has 0 aromatic carbocycles. The van der Waals surface area contributed by atoms with Gasteiger partial charge in [0, 0.05) is 12.1 Å². The van der Waals surface area contributed by atoms with E-state index >= 15 is 0 Å². The summed E-state index contributed by atoms with van der Waals surface area (Å²) in [5.41, 5.74) is 0. The van der Waals surface area contributed by atoms with Crippen LogP contribution in [0.15, 0.2) is 12.7 Å². The summed E-state index contributed by atoms with van der Waals surface area (Å²) < 4.78 is 0. The fourth-order valence-corrected chi connectivity index (χ4v) is 2.18. The van der Waals surface area contributed by atoms with Crippen LogP contribution in [-0.4, -0.2) is 36.6 Å². The van der Waals surface area contributed by atoms with Crippen molar-refractivity contribution in [2.75, 3.05) is 19.6 Å². The molecule has 2 nitrogen and oxygen atoms in total. The van der Waals surface area contributed by atoms with Crippen LogP contribution < -0.4 is 5.32 Å². The molecule has 0 amide bonds. The van der Waals surface area contributed by atoms with Crippen molar-refractivity contribution in [2.45, 2.75) is 65.5 Å². The SMILES string of the molecule is C=CCCC(C)NC(C)CCCN(CC)CC. The maximum atomic E-state index is 3.77. The van der Waals surface area contributed by atoms with E-state index in [1.807, 2.05) is 6.08 Å². The fourth-order valence-electron chi connectivity index (χ4n) is 2.18. The normalized spacial score (nSPS) is 14.9. The Bertz CT molecular complexity index is 176. The van der Waals surface area contributed by atoms with Crippen LogP contribution >= 0.6 is 0 Å². The highest BCUT2D eigenvalue weighted by molar-refractivity contribution is 4.73. The van der Waals surface area contributed by atoms with Gasteiger partial charge in [-0.05, 0) is 59.2 Å². The molecule has 0 aromatic heterocycles. The minimum absolute atomic E-state index is 0.608. The van der Waals surface area contributed by atoms with Gasteiger partial charge in [0.25, 0.3) is 0 Å². The van der Waals surface area contributed by atoms with Crippen LogP contribution in [0.2, 0.25) is 0 Å². The Morgan fingerprint density at radius 3 is 2.24 bits per heavy atom. The molecule has 102 valence electrons. The molecule has 0 aromatic rings. The van der Waals surface area contributed by atoms with Crippen LogP contribution in [0.1, 0.15) is 53.4 Å². The average Bonchev–Trinajstić information content (AvgIpc) is 2.32. The lowest BCUT2D eigenvalue weighted by atomic mass is 10.1. The summed E-state index contributed by atoms with van der Waals surface area (Å²) in [4.78, 5) is 2.49.